The van der Waals surface area contributed by atoms with Gasteiger partial charge in [-0.15, -0.1) is 0 Å². The second kappa shape index (κ2) is 7.81. The molecule has 1 aliphatic carbocycles. The molecule has 2 nitrogen and oxygen atoms in total. The van der Waals surface area contributed by atoms with E-state index in [-0.39, 0.29) is 0 Å². The van der Waals surface area contributed by atoms with E-state index in [1.165, 1.54) is 30.4 Å². The molecule has 0 aromatic carbocycles. The quantitative estimate of drug-likeness (QED) is 0.720. The SMILES string of the molecule is CC(/C=C/C1C(C)CCCC1(C)C)=C\C=C1\COC(O)CC1C. The van der Waals surface area contributed by atoms with Gasteiger partial charge in [0, 0.05) is 6.42 Å². The molecule has 1 saturated carbocycles. The van der Waals surface area contributed by atoms with Crippen molar-refractivity contribution in [2.24, 2.45) is 23.2 Å². The fourth-order valence-electron chi connectivity index (χ4n) is 4.06. The van der Waals surface area contributed by atoms with Gasteiger partial charge in [0.05, 0.1) is 6.61 Å². The molecule has 0 aromatic rings. The number of rotatable bonds is 3. The summed E-state index contributed by atoms with van der Waals surface area (Å²) in [6.07, 6.45) is 13.2. The first-order chi connectivity index (χ1) is 10.8. The maximum absolute atomic E-state index is 9.50. The van der Waals surface area contributed by atoms with Crippen molar-refractivity contribution in [3.63, 3.8) is 0 Å². The van der Waals surface area contributed by atoms with Crippen LogP contribution in [0.4, 0.5) is 0 Å². The average molecular weight is 319 g/mol. The van der Waals surface area contributed by atoms with Gasteiger partial charge in [0.25, 0.3) is 0 Å². The number of ether oxygens (including phenoxy) is 1. The van der Waals surface area contributed by atoms with Gasteiger partial charge in [-0.3, -0.25) is 0 Å². The Balaban J connectivity index is 2.01. The first kappa shape index (κ1) is 18.5. The molecule has 2 aliphatic rings. The van der Waals surface area contributed by atoms with Crippen molar-refractivity contribution in [3.8, 4) is 0 Å². The predicted octanol–water partition coefficient (Wildman–Crippen LogP) is 5.25. The molecule has 0 bridgehead atoms. The molecule has 0 spiro atoms. The van der Waals surface area contributed by atoms with Crippen molar-refractivity contribution < 1.29 is 9.84 Å². The van der Waals surface area contributed by atoms with Crippen LogP contribution in [0.3, 0.4) is 0 Å². The third-order valence-corrected chi connectivity index (χ3v) is 5.75. The van der Waals surface area contributed by atoms with Crippen LogP contribution in [0.25, 0.3) is 0 Å². The van der Waals surface area contributed by atoms with Gasteiger partial charge in [-0.2, -0.15) is 0 Å². The molecule has 0 radical (unpaired) electrons. The molecule has 1 heterocycles. The van der Waals surface area contributed by atoms with Gasteiger partial charge in [-0.05, 0) is 42.1 Å². The number of hydrogen-bond acceptors (Lipinski definition) is 2. The second-order valence-electron chi connectivity index (χ2n) is 8.30. The molecular formula is C21H34O2. The molecule has 2 heteroatoms. The maximum atomic E-state index is 9.50. The van der Waals surface area contributed by atoms with Crippen molar-refractivity contribution in [1.29, 1.82) is 0 Å². The van der Waals surface area contributed by atoms with E-state index in [0.29, 0.717) is 30.3 Å². The van der Waals surface area contributed by atoms with Crippen LogP contribution in [-0.4, -0.2) is 18.0 Å². The third kappa shape index (κ3) is 5.06. The molecule has 4 unspecified atom stereocenters. The lowest BCUT2D eigenvalue weighted by atomic mass is 9.64. The van der Waals surface area contributed by atoms with Gasteiger partial charge in [-0.25, -0.2) is 0 Å². The first-order valence-electron chi connectivity index (χ1n) is 9.15. The number of hydrogen-bond donors (Lipinski definition) is 1. The molecule has 2 fully saturated rings. The minimum Gasteiger partial charge on any atom is -0.368 e. The second-order valence-corrected chi connectivity index (χ2v) is 8.30. The van der Waals surface area contributed by atoms with E-state index >= 15 is 0 Å². The van der Waals surface area contributed by atoms with Crippen molar-refractivity contribution in [1.82, 2.24) is 0 Å². The summed E-state index contributed by atoms with van der Waals surface area (Å²) in [7, 11) is 0. The van der Waals surface area contributed by atoms with Crippen molar-refractivity contribution in [2.75, 3.05) is 6.61 Å². The lowest BCUT2D eigenvalue weighted by Crippen LogP contribution is -2.32. The van der Waals surface area contributed by atoms with E-state index < -0.39 is 6.29 Å². The van der Waals surface area contributed by atoms with E-state index in [4.69, 9.17) is 4.74 Å². The van der Waals surface area contributed by atoms with Crippen molar-refractivity contribution in [3.05, 3.63) is 35.5 Å². The van der Waals surface area contributed by atoms with Crippen LogP contribution in [0.1, 0.15) is 60.3 Å². The molecule has 4 atom stereocenters. The lowest BCUT2D eigenvalue weighted by Gasteiger charge is -2.41. The predicted molar refractivity (Wildman–Crippen MR) is 97.0 cm³/mol. The fourth-order valence-corrected chi connectivity index (χ4v) is 4.06. The first-order valence-corrected chi connectivity index (χ1v) is 9.15. The van der Waals surface area contributed by atoms with Gasteiger partial charge >= 0.3 is 0 Å². The van der Waals surface area contributed by atoms with Crippen LogP contribution >= 0.6 is 0 Å². The van der Waals surface area contributed by atoms with Crippen molar-refractivity contribution in [2.45, 2.75) is 66.6 Å². The normalized spacial score (nSPS) is 37.5. The summed E-state index contributed by atoms with van der Waals surface area (Å²) in [4.78, 5) is 0. The highest BCUT2D eigenvalue weighted by molar-refractivity contribution is 5.26. The molecule has 1 aliphatic heterocycles. The Hall–Kier alpha value is -0.860. The molecular weight excluding hydrogens is 284 g/mol. The monoisotopic (exact) mass is 318 g/mol. The van der Waals surface area contributed by atoms with Crippen LogP contribution in [0.2, 0.25) is 0 Å². The minimum absolute atomic E-state index is 0.393. The van der Waals surface area contributed by atoms with Crippen LogP contribution < -0.4 is 0 Å². The Kier molecular flexibility index (Phi) is 6.27. The topological polar surface area (TPSA) is 29.5 Å². The van der Waals surface area contributed by atoms with Gasteiger partial charge in [0.2, 0.25) is 0 Å². The third-order valence-electron chi connectivity index (χ3n) is 5.75. The van der Waals surface area contributed by atoms with Gasteiger partial charge in [-0.1, -0.05) is 70.4 Å². The van der Waals surface area contributed by atoms with E-state index in [1.54, 1.807) is 0 Å². The van der Waals surface area contributed by atoms with Crippen molar-refractivity contribution >= 4 is 0 Å². The standard InChI is InChI=1S/C21H34O2/c1-15(8-10-18-14-23-20(22)13-17(18)3)9-11-19-16(2)7-6-12-21(19,4)5/h8-11,16-17,19-20,22H,6-7,12-14H2,1-5H3/b11-9+,15-8+,18-10-. The molecule has 0 amide bonds. The Morgan fingerprint density at radius 1 is 1.30 bits per heavy atom. The van der Waals surface area contributed by atoms with E-state index in [9.17, 15) is 5.11 Å². The summed E-state index contributed by atoms with van der Waals surface area (Å²) >= 11 is 0. The van der Waals surface area contributed by atoms with Crippen LogP contribution in [0.5, 0.6) is 0 Å². The molecule has 2 rings (SSSR count). The van der Waals surface area contributed by atoms with Gasteiger partial charge in [0.1, 0.15) is 0 Å². The molecule has 1 saturated heterocycles. The Labute approximate surface area is 142 Å². The smallest absolute Gasteiger partial charge is 0.155 e. The van der Waals surface area contributed by atoms with Crippen LogP contribution in [0, 0.1) is 23.2 Å². The summed E-state index contributed by atoms with van der Waals surface area (Å²) in [5, 5.41) is 9.50. The zero-order valence-electron chi connectivity index (χ0n) is 15.5. The summed E-state index contributed by atoms with van der Waals surface area (Å²) < 4.78 is 5.33. The van der Waals surface area contributed by atoms with Crippen LogP contribution in [0.15, 0.2) is 35.5 Å². The number of aliphatic hydroxyl groups is 1. The van der Waals surface area contributed by atoms with Gasteiger partial charge < -0.3 is 9.84 Å². The minimum atomic E-state index is -0.595. The van der Waals surface area contributed by atoms with E-state index in [0.717, 1.165) is 5.92 Å². The highest BCUT2D eigenvalue weighted by atomic mass is 16.6. The molecule has 0 aromatic heterocycles. The Morgan fingerprint density at radius 2 is 2.04 bits per heavy atom. The van der Waals surface area contributed by atoms with E-state index in [2.05, 4.69) is 58.9 Å². The Morgan fingerprint density at radius 3 is 2.70 bits per heavy atom. The largest absolute Gasteiger partial charge is 0.368 e. The highest BCUT2D eigenvalue weighted by Crippen LogP contribution is 2.44. The number of allylic oxidation sites excluding steroid dienone is 5. The summed E-state index contributed by atoms with van der Waals surface area (Å²) in [5.41, 5.74) is 2.97. The maximum Gasteiger partial charge on any atom is 0.155 e. The van der Waals surface area contributed by atoms with Gasteiger partial charge in [0.15, 0.2) is 6.29 Å². The lowest BCUT2D eigenvalue weighted by molar-refractivity contribution is -0.118. The summed E-state index contributed by atoms with van der Waals surface area (Å²) in [6, 6.07) is 0. The number of aliphatic hydroxyl groups excluding tert-OH is 1. The molecule has 23 heavy (non-hydrogen) atoms. The average Bonchev–Trinajstić information content (AvgIpc) is 2.45. The summed E-state index contributed by atoms with van der Waals surface area (Å²) in [6.45, 7) is 12.1. The zero-order valence-corrected chi connectivity index (χ0v) is 15.5. The molecule has 130 valence electrons. The molecule has 1 N–H and O–H groups in total. The zero-order chi connectivity index (χ0) is 17.0. The van der Waals surface area contributed by atoms with Crippen LogP contribution in [-0.2, 0) is 4.74 Å². The highest BCUT2D eigenvalue weighted by Gasteiger charge is 2.34. The fraction of sp³-hybridized carbons (Fsp3) is 0.714. The Bertz CT molecular complexity index is 484. The van der Waals surface area contributed by atoms with E-state index in [1.807, 2.05) is 0 Å². The summed E-state index contributed by atoms with van der Waals surface area (Å²) in [5.74, 6) is 1.83.